The lowest BCUT2D eigenvalue weighted by atomic mass is 10.1. The molecule has 1 aliphatic heterocycles. The van der Waals surface area contributed by atoms with Gasteiger partial charge in [0.05, 0.1) is 17.4 Å². The fourth-order valence-electron chi connectivity index (χ4n) is 3.65. The van der Waals surface area contributed by atoms with Crippen LogP contribution in [0, 0.1) is 5.92 Å². The number of piperidine rings is 1. The van der Waals surface area contributed by atoms with Gasteiger partial charge in [0, 0.05) is 30.9 Å². The maximum atomic E-state index is 13.7. The maximum Gasteiger partial charge on any atom is 0.418 e. The van der Waals surface area contributed by atoms with Crippen LogP contribution in [0.1, 0.15) is 49.0 Å². The van der Waals surface area contributed by atoms with E-state index in [0.717, 1.165) is 18.6 Å². The third kappa shape index (κ3) is 7.21. The zero-order chi connectivity index (χ0) is 24.7. The number of carbonyl (C=O) groups excluding carboxylic acids is 2. The summed E-state index contributed by atoms with van der Waals surface area (Å²) in [6.45, 7) is 5.72. The third-order valence-corrected chi connectivity index (χ3v) is 5.64. The molecule has 0 bridgehead atoms. The van der Waals surface area contributed by atoms with Gasteiger partial charge in [-0.3, -0.25) is 4.79 Å². The molecule has 0 aromatic heterocycles. The van der Waals surface area contributed by atoms with Crippen LogP contribution in [0.15, 0.2) is 48.5 Å². The van der Waals surface area contributed by atoms with E-state index in [1.165, 1.54) is 11.0 Å². The molecule has 0 radical (unpaired) electrons. The molecule has 0 unspecified atom stereocenters. The van der Waals surface area contributed by atoms with E-state index in [2.05, 4.69) is 24.5 Å². The summed E-state index contributed by atoms with van der Waals surface area (Å²) >= 11 is 0. The van der Waals surface area contributed by atoms with E-state index in [9.17, 15) is 22.8 Å². The Morgan fingerprint density at radius 1 is 1.06 bits per heavy atom. The van der Waals surface area contributed by atoms with Crippen molar-refractivity contribution in [3.63, 3.8) is 0 Å². The van der Waals surface area contributed by atoms with Gasteiger partial charge in [-0.05, 0) is 55.5 Å². The first-order valence-corrected chi connectivity index (χ1v) is 11.4. The molecule has 1 saturated heterocycles. The highest BCUT2D eigenvalue weighted by atomic mass is 19.4. The number of carbonyl (C=O) groups is 2. The van der Waals surface area contributed by atoms with Crippen molar-refractivity contribution in [3.8, 4) is 0 Å². The Bertz CT molecular complexity index is 972. The molecule has 184 valence electrons. The predicted octanol–water partition coefficient (Wildman–Crippen LogP) is 6.02. The molecule has 1 fully saturated rings. The molecular formula is C25H30F3N3O3. The molecule has 2 N–H and O–H groups in total. The molecule has 0 saturated carbocycles. The molecule has 0 aliphatic carbocycles. The van der Waals surface area contributed by atoms with Crippen LogP contribution in [0.4, 0.5) is 29.3 Å². The average Bonchev–Trinajstić information content (AvgIpc) is 2.80. The van der Waals surface area contributed by atoms with Crippen molar-refractivity contribution >= 4 is 23.3 Å². The molecule has 9 heteroatoms. The fraction of sp³-hybridized carbons (Fsp3) is 0.440. The number of alkyl halides is 3. The fourth-order valence-corrected chi connectivity index (χ4v) is 3.65. The van der Waals surface area contributed by atoms with Crippen LogP contribution >= 0.6 is 0 Å². The Kier molecular flexibility index (Phi) is 8.55. The number of likely N-dealkylation sites (tertiary alicyclic amines) is 1. The second-order valence-electron chi connectivity index (χ2n) is 8.75. The van der Waals surface area contributed by atoms with Crippen LogP contribution in [0.3, 0.4) is 0 Å². The predicted molar refractivity (Wildman–Crippen MR) is 125 cm³/mol. The van der Waals surface area contributed by atoms with E-state index in [0.29, 0.717) is 44.0 Å². The van der Waals surface area contributed by atoms with Gasteiger partial charge >= 0.3 is 12.2 Å². The molecule has 3 rings (SSSR count). The zero-order valence-corrected chi connectivity index (χ0v) is 19.3. The molecule has 6 nitrogen and oxygen atoms in total. The number of rotatable bonds is 7. The van der Waals surface area contributed by atoms with Crippen molar-refractivity contribution in [2.75, 3.05) is 30.3 Å². The lowest BCUT2D eigenvalue weighted by molar-refractivity contribution is -0.136. The minimum atomic E-state index is -4.71. The molecule has 0 atom stereocenters. The molecule has 34 heavy (non-hydrogen) atoms. The largest absolute Gasteiger partial charge is 0.418 e. The second kappa shape index (κ2) is 11.4. The quantitative estimate of drug-likeness (QED) is 0.513. The van der Waals surface area contributed by atoms with E-state index in [-0.39, 0.29) is 17.5 Å². The van der Waals surface area contributed by atoms with E-state index in [1.807, 2.05) is 0 Å². The average molecular weight is 478 g/mol. The minimum Gasteiger partial charge on any atom is -0.378 e. The summed E-state index contributed by atoms with van der Waals surface area (Å²) in [6.07, 6.45) is -2.42. The molecule has 3 amide bonds. The summed E-state index contributed by atoms with van der Waals surface area (Å²) in [6, 6.07) is 10.9. The van der Waals surface area contributed by atoms with Crippen molar-refractivity contribution < 1.29 is 27.5 Å². The van der Waals surface area contributed by atoms with Gasteiger partial charge in [0.25, 0.3) is 5.91 Å². The standard InChI is InChI=1S/C25H30F3N3O3/c1-17(2)12-15-34-20-10-13-31(14-11-20)24(33)30-22-9-8-19(16-21(22)25(26,27)28)29-23(32)18-6-4-3-5-7-18/h3-9,16-17,20H,10-15H2,1-2H3,(H,29,32)(H,30,33). The Morgan fingerprint density at radius 3 is 2.35 bits per heavy atom. The molecule has 0 spiro atoms. The van der Waals surface area contributed by atoms with Gasteiger partial charge in [-0.25, -0.2) is 4.79 Å². The third-order valence-electron chi connectivity index (χ3n) is 5.64. The van der Waals surface area contributed by atoms with Crippen molar-refractivity contribution in [2.45, 2.75) is 45.4 Å². The molecule has 2 aromatic rings. The van der Waals surface area contributed by atoms with Crippen LogP contribution < -0.4 is 10.6 Å². The number of nitrogens with zero attached hydrogens (tertiary/aromatic N) is 1. The lowest BCUT2D eigenvalue weighted by Crippen LogP contribution is -2.43. The first kappa shape index (κ1) is 25.6. The smallest absolute Gasteiger partial charge is 0.378 e. The summed E-state index contributed by atoms with van der Waals surface area (Å²) in [7, 11) is 0. The van der Waals surface area contributed by atoms with Crippen molar-refractivity contribution in [2.24, 2.45) is 5.92 Å². The highest BCUT2D eigenvalue weighted by Crippen LogP contribution is 2.37. The molecule has 1 heterocycles. The Morgan fingerprint density at radius 2 is 1.74 bits per heavy atom. The number of hydrogen-bond donors (Lipinski definition) is 2. The van der Waals surface area contributed by atoms with Crippen LogP contribution in [-0.2, 0) is 10.9 Å². The highest BCUT2D eigenvalue weighted by Gasteiger charge is 2.35. The number of anilines is 2. The number of nitrogens with one attached hydrogen (secondary N) is 2. The normalized spacial score (nSPS) is 14.8. The summed E-state index contributed by atoms with van der Waals surface area (Å²) in [5.74, 6) is 0.0238. The summed E-state index contributed by atoms with van der Waals surface area (Å²) in [5.41, 5.74) is -1.08. The maximum absolute atomic E-state index is 13.7. The van der Waals surface area contributed by atoms with Gasteiger partial charge in [-0.15, -0.1) is 0 Å². The number of urea groups is 1. The van der Waals surface area contributed by atoms with Crippen molar-refractivity contribution in [3.05, 3.63) is 59.7 Å². The van der Waals surface area contributed by atoms with E-state index in [4.69, 9.17) is 4.74 Å². The molecule has 1 aliphatic rings. The number of amides is 3. The van der Waals surface area contributed by atoms with E-state index in [1.54, 1.807) is 30.3 Å². The van der Waals surface area contributed by atoms with Gasteiger partial charge in [-0.2, -0.15) is 13.2 Å². The Balaban J connectivity index is 1.62. The molecule has 2 aromatic carbocycles. The number of benzene rings is 2. The Labute approximate surface area is 197 Å². The zero-order valence-electron chi connectivity index (χ0n) is 19.3. The van der Waals surface area contributed by atoms with Gasteiger partial charge < -0.3 is 20.3 Å². The van der Waals surface area contributed by atoms with Gasteiger partial charge in [-0.1, -0.05) is 32.0 Å². The van der Waals surface area contributed by atoms with E-state index >= 15 is 0 Å². The second-order valence-corrected chi connectivity index (χ2v) is 8.75. The number of hydrogen-bond acceptors (Lipinski definition) is 3. The van der Waals surface area contributed by atoms with E-state index < -0.39 is 23.7 Å². The summed E-state index contributed by atoms with van der Waals surface area (Å²) in [4.78, 5) is 26.4. The molecular weight excluding hydrogens is 447 g/mol. The van der Waals surface area contributed by atoms with Crippen LogP contribution in [0.25, 0.3) is 0 Å². The van der Waals surface area contributed by atoms with Crippen LogP contribution in [-0.4, -0.2) is 42.6 Å². The first-order valence-electron chi connectivity index (χ1n) is 11.4. The number of halogens is 3. The minimum absolute atomic E-state index is 0.0152. The van der Waals surface area contributed by atoms with Crippen LogP contribution in [0.5, 0.6) is 0 Å². The van der Waals surface area contributed by atoms with Crippen molar-refractivity contribution in [1.82, 2.24) is 4.90 Å². The van der Waals surface area contributed by atoms with Crippen molar-refractivity contribution in [1.29, 1.82) is 0 Å². The topological polar surface area (TPSA) is 70.7 Å². The SMILES string of the molecule is CC(C)CCOC1CCN(C(=O)Nc2ccc(NC(=O)c3ccccc3)cc2C(F)(F)F)CC1. The number of ether oxygens (including phenoxy) is 1. The Hall–Kier alpha value is -3.07. The summed E-state index contributed by atoms with van der Waals surface area (Å²) < 4.78 is 47.0. The lowest BCUT2D eigenvalue weighted by Gasteiger charge is -2.32. The highest BCUT2D eigenvalue weighted by molar-refractivity contribution is 6.04. The van der Waals surface area contributed by atoms with Gasteiger partial charge in [0.1, 0.15) is 0 Å². The van der Waals surface area contributed by atoms with Gasteiger partial charge in [0.15, 0.2) is 0 Å². The summed E-state index contributed by atoms with van der Waals surface area (Å²) in [5, 5.41) is 4.85. The van der Waals surface area contributed by atoms with Gasteiger partial charge in [0.2, 0.25) is 0 Å². The van der Waals surface area contributed by atoms with Crippen LogP contribution in [0.2, 0.25) is 0 Å². The monoisotopic (exact) mass is 477 g/mol. The first-order chi connectivity index (χ1) is 16.1.